The number of benzene rings is 1. The number of unbranched alkanes of at least 4 members (excludes halogenated alkanes) is 3. The summed E-state index contributed by atoms with van der Waals surface area (Å²) in [5.41, 5.74) is 7.22. The summed E-state index contributed by atoms with van der Waals surface area (Å²) >= 11 is 0. The Morgan fingerprint density at radius 3 is 2.40 bits per heavy atom. The van der Waals surface area contributed by atoms with E-state index in [0.29, 0.717) is 5.92 Å². The summed E-state index contributed by atoms with van der Waals surface area (Å²) in [6.45, 7) is 3.02. The molecule has 2 N–H and O–H groups in total. The second-order valence-electron chi connectivity index (χ2n) is 4.19. The van der Waals surface area contributed by atoms with Gasteiger partial charge in [-0.05, 0) is 24.4 Å². The van der Waals surface area contributed by atoms with Gasteiger partial charge >= 0.3 is 0 Å². The number of rotatable bonds is 7. The van der Waals surface area contributed by atoms with Crippen LogP contribution in [0.5, 0.6) is 0 Å². The Hall–Kier alpha value is -0.820. The van der Waals surface area contributed by atoms with E-state index in [1.165, 1.54) is 37.7 Å². The van der Waals surface area contributed by atoms with E-state index in [1.54, 1.807) is 0 Å². The highest BCUT2D eigenvalue weighted by Gasteiger charge is 2.07. The zero-order valence-electron chi connectivity index (χ0n) is 9.78. The lowest BCUT2D eigenvalue weighted by Gasteiger charge is -2.14. The molecule has 0 spiro atoms. The van der Waals surface area contributed by atoms with Crippen molar-refractivity contribution < 1.29 is 0 Å². The standard InChI is InChI=1S/C14H23N/c1-2-3-4-6-11-14(12-15)13-9-7-5-8-10-13/h5,7-10,14H,2-4,6,11-12,15H2,1H3. The third kappa shape index (κ3) is 4.48. The Morgan fingerprint density at radius 1 is 1.07 bits per heavy atom. The Bertz CT molecular complexity index is 243. The molecular weight excluding hydrogens is 182 g/mol. The first-order valence-corrected chi connectivity index (χ1v) is 6.13. The monoisotopic (exact) mass is 205 g/mol. The molecule has 0 fully saturated rings. The van der Waals surface area contributed by atoms with Crippen LogP contribution in [-0.4, -0.2) is 6.54 Å². The average Bonchev–Trinajstić information content (AvgIpc) is 2.30. The van der Waals surface area contributed by atoms with Gasteiger partial charge in [0.2, 0.25) is 0 Å². The van der Waals surface area contributed by atoms with Gasteiger partial charge in [0.05, 0.1) is 0 Å². The van der Waals surface area contributed by atoms with Crippen LogP contribution < -0.4 is 5.73 Å². The molecule has 0 aromatic heterocycles. The second-order valence-corrected chi connectivity index (χ2v) is 4.19. The van der Waals surface area contributed by atoms with Crippen LogP contribution in [0.25, 0.3) is 0 Å². The van der Waals surface area contributed by atoms with Gasteiger partial charge in [0.1, 0.15) is 0 Å². The summed E-state index contributed by atoms with van der Waals surface area (Å²) < 4.78 is 0. The molecule has 1 aromatic rings. The summed E-state index contributed by atoms with van der Waals surface area (Å²) in [5, 5.41) is 0. The summed E-state index contributed by atoms with van der Waals surface area (Å²) in [6, 6.07) is 10.6. The minimum Gasteiger partial charge on any atom is -0.330 e. The van der Waals surface area contributed by atoms with E-state index in [9.17, 15) is 0 Å². The van der Waals surface area contributed by atoms with Crippen LogP contribution in [0, 0.1) is 0 Å². The minimum atomic E-state index is 0.558. The highest BCUT2D eigenvalue weighted by molar-refractivity contribution is 5.19. The molecule has 0 bridgehead atoms. The molecule has 1 aromatic carbocycles. The van der Waals surface area contributed by atoms with Crippen LogP contribution in [0.4, 0.5) is 0 Å². The second kappa shape index (κ2) is 7.47. The van der Waals surface area contributed by atoms with Crippen LogP contribution in [0.3, 0.4) is 0 Å². The molecule has 0 aliphatic rings. The highest BCUT2D eigenvalue weighted by atomic mass is 14.5. The summed E-state index contributed by atoms with van der Waals surface area (Å²) in [7, 11) is 0. The molecule has 15 heavy (non-hydrogen) atoms. The zero-order valence-corrected chi connectivity index (χ0v) is 9.78. The van der Waals surface area contributed by atoms with E-state index in [0.717, 1.165) is 6.54 Å². The number of hydrogen-bond acceptors (Lipinski definition) is 1. The SMILES string of the molecule is CCCCCCC(CN)c1ccccc1. The largest absolute Gasteiger partial charge is 0.330 e. The van der Waals surface area contributed by atoms with Crippen molar-refractivity contribution in [3.05, 3.63) is 35.9 Å². The summed E-state index contributed by atoms with van der Waals surface area (Å²) in [5.74, 6) is 0.558. The van der Waals surface area contributed by atoms with Gasteiger partial charge in [0.25, 0.3) is 0 Å². The Morgan fingerprint density at radius 2 is 1.80 bits per heavy atom. The third-order valence-corrected chi connectivity index (χ3v) is 2.96. The van der Waals surface area contributed by atoms with Crippen molar-refractivity contribution in [2.75, 3.05) is 6.54 Å². The zero-order chi connectivity index (χ0) is 10.9. The maximum atomic E-state index is 5.82. The van der Waals surface area contributed by atoms with Gasteiger partial charge in [-0.2, -0.15) is 0 Å². The first kappa shape index (κ1) is 12.3. The maximum Gasteiger partial charge on any atom is -0.000824 e. The lowest BCUT2D eigenvalue weighted by Crippen LogP contribution is -2.12. The molecule has 1 rings (SSSR count). The molecule has 0 amide bonds. The molecule has 84 valence electrons. The van der Waals surface area contributed by atoms with Crippen LogP contribution in [-0.2, 0) is 0 Å². The first-order valence-electron chi connectivity index (χ1n) is 6.13. The quantitative estimate of drug-likeness (QED) is 0.675. The van der Waals surface area contributed by atoms with E-state index in [4.69, 9.17) is 5.73 Å². The van der Waals surface area contributed by atoms with Gasteiger partial charge in [0, 0.05) is 0 Å². The number of nitrogens with two attached hydrogens (primary N) is 1. The predicted molar refractivity (Wildman–Crippen MR) is 67.0 cm³/mol. The van der Waals surface area contributed by atoms with E-state index in [2.05, 4.69) is 37.3 Å². The Kier molecular flexibility index (Phi) is 6.10. The van der Waals surface area contributed by atoms with Crippen molar-refractivity contribution in [3.8, 4) is 0 Å². The van der Waals surface area contributed by atoms with Gasteiger partial charge in [-0.15, -0.1) is 0 Å². The average molecular weight is 205 g/mol. The Balaban J connectivity index is 2.36. The van der Waals surface area contributed by atoms with Crippen LogP contribution in [0.1, 0.15) is 50.5 Å². The smallest absolute Gasteiger partial charge is 0.000824 e. The molecule has 0 aliphatic carbocycles. The fourth-order valence-electron chi connectivity index (χ4n) is 1.96. The molecule has 0 radical (unpaired) electrons. The molecule has 1 unspecified atom stereocenters. The maximum absolute atomic E-state index is 5.82. The Labute approximate surface area is 93.7 Å². The first-order chi connectivity index (χ1) is 7.38. The molecular formula is C14H23N. The van der Waals surface area contributed by atoms with E-state index < -0.39 is 0 Å². The van der Waals surface area contributed by atoms with Crippen molar-refractivity contribution in [3.63, 3.8) is 0 Å². The van der Waals surface area contributed by atoms with Crippen LogP contribution in [0.15, 0.2) is 30.3 Å². The van der Waals surface area contributed by atoms with Gasteiger partial charge in [-0.25, -0.2) is 0 Å². The van der Waals surface area contributed by atoms with Crippen molar-refractivity contribution >= 4 is 0 Å². The predicted octanol–water partition coefficient (Wildman–Crippen LogP) is 3.70. The van der Waals surface area contributed by atoms with Crippen molar-refractivity contribution in [1.29, 1.82) is 0 Å². The van der Waals surface area contributed by atoms with Crippen molar-refractivity contribution in [1.82, 2.24) is 0 Å². The molecule has 1 nitrogen and oxygen atoms in total. The van der Waals surface area contributed by atoms with E-state index in [1.807, 2.05) is 0 Å². The van der Waals surface area contributed by atoms with Gasteiger partial charge in [-0.1, -0.05) is 62.9 Å². The molecule has 1 heteroatoms. The fourth-order valence-corrected chi connectivity index (χ4v) is 1.96. The van der Waals surface area contributed by atoms with Crippen LogP contribution >= 0.6 is 0 Å². The van der Waals surface area contributed by atoms with Crippen molar-refractivity contribution in [2.24, 2.45) is 5.73 Å². The molecule has 0 saturated carbocycles. The minimum absolute atomic E-state index is 0.558. The van der Waals surface area contributed by atoms with Crippen LogP contribution in [0.2, 0.25) is 0 Å². The van der Waals surface area contributed by atoms with Gasteiger partial charge < -0.3 is 5.73 Å². The van der Waals surface area contributed by atoms with Crippen molar-refractivity contribution in [2.45, 2.75) is 44.9 Å². The molecule has 0 aliphatic heterocycles. The van der Waals surface area contributed by atoms with E-state index in [-0.39, 0.29) is 0 Å². The van der Waals surface area contributed by atoms with Gasteiger partial charge in [-0.3, -0.25) is 0 Å². The lowest BCUT2D eigenvalue weighted by atomic mass is 9.93. The number of hydrogen-bond donors (Lipinski definition) is 1. The van der Waals surface area contributed by atoms with E-state index >= 15 is 0 Å². The fraction of sp³-hybridized carbons (Fsp3) is 0.571. The lowest BCUT2D eigenvalue weighted by molar-refractivity contribution is 0.559. The molecule has 0 saturated heterocycles. The topological polar surface area (TPSA) is 26.0 Å². The third-order valence-electron chi connectivity index (χ3n) is 2.96. The summed E-state index contributed by atoms with van der Waals surface area (Å²) in [6.07, 6.45) is 6.55. The molecule has 1 atom stereocenters. The molecule has 0 heterocycles. The highest BCUT2D eigenvalue weighted by Crippen LogP contribution is 2.21. The summed E-state index contributed by atoms with van der Waals surface area (Å²) in [4.78, 5) is 0. The van der Waals surface area contributed by atoms with Gasteiger partial charge in [0.15, 0.2) is 0 Å². The normalized spacial score (nSPS) is 12.7.